The van der Waals surface area contributed by atoms with E-state index in [9.17, 15) is 0 Å². The van der Waals surface area contributed by atoms with Crippen LogP contribution >= 0.6 is 15.9 Å². The van der Waals surface area contributed by atoms with Crippen LogP contribution in [0.2, 0.25) is 0 Å². The van der Waals surface area contributed by atoms with Crippen molar-refractivity contribution in [3.8, 4) is 11.1 Å². The summed E-state index contributed by atoms with van der Waals surface area (Å²) in [6, 6.07) is 22.3. The molecule has 0 aliphatic heterocycles. The second-order valence-corrected chi connectivity index (χ2v) is 5.35. The summed E-state index contributed by atoms with van der Waals surface area (Å²) in [6.07, 6.45) is 1.89. The lowest BCUT2D eigenvalue weighted by molar-refractivity contribution is 1.31. The van der Waals surface area contributed by atoms with Gasteiger partial charge in [-0.05, 0) is 42.0 Å². The molecular weight excluding hydrogens is 312 g/mol. The van der Waals surface area contributed by atoms with Crippen molar-refractivity contribution in [2.45, 2.75) is 0 Å². The Morgan fingerprint density at radius 1 is 0.750 bits per heavy atom. The van der Waals surface area contributed by atoms with Crippen molar-refractivity contribution in [1.82, 2.24) is 4.98 Å². The Bertz CT molecular complexity index is 676. The van der Waals surface area contributed by atoms with E-state index in [0.717, 1.165) is 21.5 Å². The molecule has 1 N–H and O–H groups in total. The topological polar surface area (TPSA) is 24.9 Å². The maximum absolute atomic E-state index is 4.45. The van der Waals surface area contributed by atoms with Crippen molar-refractivity contribution in [2.75, 3.05) is 5.32 Å². The van der Waals surface area contributed by atoms with Crippen LogP contribution in [0.5, 0.6) is 0 Å². The van der Waals surface area contributed by atoms with Gasteiger partial charge in [-0.1, -0.05) is 46.3 Å². The maximum atomic E-state index is 4.45. The lowest BCUT2D eigenvalue weighted by Crippen LogP contribution is -1.93. The van der Waals surface area contributed by atoms with Crippen molar-refractivity contribution in [1.29, 1.82) is 0 Å². The number of nitrogens with zero attached hydrogens (tertiary/aromatic N) is 1. The van der Waals surface area contributed by atoms with Gasteiger partial charge < -0.3 is 5.32 Å². The highest BCUT2D eigenvalue weighted by Crippen LogP contribution is 2.21. The zero-order valence-corrected chi connectivity index (χ0v) is 12.3. The summed E-state index contributed by atoms with van der Waals surface area (Å²) in [5.41, 5.74) is 3.32. The van der Waals surface area contributed by atoms with E-state index >= 15 is 0 Å². The molecule has 1 heterocycles. The average molecular weight is 325 g/mol. The van der Waals surface area contributed by atoms with Crippen LogP contribution in [0.3, 0.4) is 0 Å². The number of benzene rings is 2. The van der Waals surface area contributed by atoms with Gasteiger partial charge in [-0.2, -0.15) is 0 Å². The largest absolute Gasteiger partial charge is 0.340 e. The third-order valence-corrected chi connectivity index (χ3v) is 3.52. The Labute approximate surface area is 126 Å². The SMILES string of the molecule is Brc1ccc(Nc2ccc(-c3ccccc3)cn2)cc1. The van der Waals surface area contributed by atoms with Crippen molar-refractivity contribution in [2.24, 2.45) is 0 Å². The average Bonchev–Trinajstić information content (AvgIpc) is 2.51. The summed E-state index contributed by atoms with van der Waals surface area (Å²) < 4.78 is 1.07. The van der Waals surface area contributed by atoms with E-state index in [1.165, 1.54) is 5.56 Å². The molecule has 2 aromatic carbocycles. The number of hydrogen-bond acceptors (Lipinski definition) is 2. The van der Waals surface area contributed by atoms with E-state index in [1.807, 2.05) is 54.7 Å². The first-order valence-electron chi connectivity index (χ1n) is 6.35. The van der Waals surface area contributed by atoms with E-state index in [2.05, 4.69) is 44.4 Å². The van der Waals surface area contributed by atoms with E-state index in [0.29, 0.717) is 0 Å². The van der Waals surface area contributed by atoms with Gasteiger partial charge in [0, 0.05) is 21.9 Å². The molecule has 1 aromatic heterocycles. The Hall–Kier alpha value is -2.13. The molecule has 0 radical (unpaired) electrons. The number of anilines is 2. The molecule has 0 aliphatic carbocycles. The van der Waals surface area contributed by atoms with Crippen molar-refractivity contribution < 1.29 is 0 Å². The Morgan fingerprint density at radius 3 is 2.15 bits per heavy atom. The fourth-order valence-corrected chi connectivity index (χ4v) is 2.21. The highest BCUT2D eigenvalue weighted by atomic mass is 79.9. The quantitative estimate of drug-likeness (QED) is 0.711. The second kappa shape index (κ2) is 5.88. The van der Waals surface area contributed by atoms with Gasteiger partial charge in [-0.15, -0.1) is 0 Å². The van der Waals surface area contributed by atoms with Gasteiger partial charge in [-0.3, -0.25) is 0 Å². The van der Waals surface area contributed by atoms with E-state index < -0.39 is 0 Å². The molecule has 3 heteroatoms. The molecule has 0 bridgehead atoms. The molecule has 0 unspecified atom stereocenters. The molecule has 98 valence electrons. The van der Waals surface area contributed by atoms with Crippen LogP contribution < -0.4 is 5.32 Å². The molecule has 3 rings (SSSR count). The van der Waals surface area contributed by atoms with E-state index in [4.69, 9.17) is 0 Å². The molecule has 0 fully saturated rings. The number of nitrogens with one attached hydrogen (secondary N) is 1. The highest BCUT2D eigenvalue weighted by molar-refractivity contribution is 9.10. The summed E-state index contributed by atoms with van der Waals surface area (Å²) in [5, 5.41) is 3.28. The highest BCUT2D eigenvalue weighted by Gasteiger charge is 1.99. The van der Waals surface area contributed by atoms with Crippen molar-refractivity contribution in [3.63, 3.8) is 0 Å². The van der Waals surface area contributed by atoms with Gasteiger partial charge in [0.25, 0.3) is 0 Å². The van der Waals surface area contributed by atoms with Crippen molar-refractivity contribution >= 4 is 27.4 Å². The third kappa shape index (κ3) is 3.06. The first kappa shape index (κ1) is 12.9. The summed E-state index contributed by atoms with van der Waals surface area (Å²) >= 11 is 3.42. The zero-order chi connectivity index (χ0) is 13.8. The van der Waals surface area contributed by atoms with Gasteiger partial charge in [0.1, 0.15) is 5.82 Å². The van der Waals surface area contributed by atoms with Gasteiger partial charge in [0.15, 0.2) is 0 Å². The van der Waals surface area contributed by atoms with E-state index in [-0.39, 0.29) is 0 Å². The summed E-state index contributed by atoms with van der Waals surface area (Å²) in [7, 11) is 0. The number of hydrogen-bond donors (Lipinski definition) is 1. The molecule has 0 spiro atoms. The smallest absolute Gasteiger partial charge is 0.130 e. The fourth-order valence-electron chi connectivity index (χ4n) is 1.95. The Balaban J connectivity index is 1.78. The molecule has 2 nitrogen and oxygen atoms in total. The van der Waals surface area contributed by atoms with E-state index in [1.54, 1.807) is 0 Å². The monoisotopic (exact) mass is 324 g/mol. The van der Waals surface area contributed by atoms with Crippen LogP contribution in [0.25, 0.3) is 11.1 Å². The molecule has 0 atom stereocenters. The Kier molecular flexibility index (Phi) is 3.79. The van der Waals surface area contributed by atoms with Gasteiger partial charge >= 0.3 is 0 Å². The molecule has 0 saturated carbocycles. The predicted molar refractivity (Wildman–Crippen MR) is 87.1 cm³/mol. The number of aromatic nitrogens is 1. The standard InChI is InChI=1S/C17H13BrN2/c18-15-7-9-16(10-8-15)20-17-11-6-14(12-19-17)13-4-2-1-3-5-13/h1-12H,(H,19,20). The lowest BCUT2D eigenvalue weighted by atomic mass is 10.1. The van der Waals surface area contributed by atoms with Crippen LogP contribution in [-0.4, -0.2) is 4.98 Å². The molecule has 0 aliphatic rings. The molecular formula is C17H13BrN2. The minimum absolute atomic E-state index is 0.840. The lowest BCUT2D eigenvalue weighted by Gasteiger charge is -2.07. The fraction of sp³-hybridized carbons (Fsp3) is 0. The van der Waals surface area contributed by atoms with Crippen LogP contribution in [0.1, 0.15) is 0 Å². The molecule has 0 amide bonds. The maximum Gasteiger partial charge on any atom is 0.130 e. The zero-order valence-electron chi connectivity index (χ0n) is 10.8. The summed E-state index contributed by atoms with van der Waals surface area (Å²) in [5.74, 6) is 0.840. The summed E-state index contributed by atoms with van der Waals surface area (Å²) in [4.78, 5) is 4.45. The van der Waals surface area contributed by atoms with Crippen LogP contribution in [-0.2, 0) is 0 Å². The first-order valence-corrected chi connectivity index (χ1v) is 7.15. The summed E-state index contributed by atoms with van der Waals surface area (Å²) in [6.45, 7) is 0. The van der Waals surface area contributed by atoms with Crippen LogP contribution in [0.15, 0.2) is 77.4 Å². The number of halogens is 1. The number of rotatable bonds is 3. The third-order valence-electron chi connectivity index (χ3n) is 2.99. The first-order chi connectivity index (χ1) is 9.81. The molecule has 0 saturated heterocycles. The van der Waals surface area contributed by atoms with Gasteiger partial charge in [0.2, 0.25) is 0 Å². The van der Waals surface area contributed by atoms with Gasteiger partial charge in [0.05, 0.1) is 0 Å². The number of pyridine rings is 1. The molecule has 20 heavy (non-hydrogen) atoms. The second-order valence-electron chi connectivity index (χ2n) is 4.43. The predicted octanol–water partition coefficient (Wildman–Crippen LogP) is 5.25. The van der Waals surface area contributed by atoms with Crippen LogP contribution in [0, 0.1) is 0 Å². The Morgan fingerprint density at radius 2 is 1.50 bits per heavy atom. The normalized spacial score (nSPS) is 10.2. The van der Waals surface area contributed by atoms with Crippen molar-refractivity contribution in [3.05, 3.63) is 77.4 Å². The minimum Gasteiger partial charge on any atom is -0.340 e. The minimum atomic E-state index is 0.840. The molecule has 3 aromatic rings. The van der Waals surface area contributed by atoms with Crippen LogP contribution in [0.4, 0.5) is 11.5 Å². The van der Waals surface area contributed by atoms with Gasteiger partial charge in [-0.25, -0.2) is 4.98 Å².